The lowest BCUT2D eigenvalue weighted by Crippen LogP contribution is -2.42. The molecule has 0 aromatic carbocycles. The fraction of sp³-hybridized carbons (Fsp3) is 0.917. The van der Waals surface area contributed by atoms with Crippen LogP contribution in [0.2, 0.25) is 0 Å². The van der Waals surface area contributed by atoms with Gasteiger partial charge < -0.3 is 10.4 Å². The summed E-state index contributed by atoms with van der Waals surface area (Å²) in [7, 11) is 0. The summed E-state index contributed by atoms with van der Waals surface area (Å²) in [5, 5.41) is 12.4. The Morgan fingerprint density at radius 2 is 2.25 bits per heavy atom. The lowest BCUT2D eigenvalue weighted by atomic mass is 10.1. The van der Waals surface area contributed by atoms with Crippen molar-refractivity contribution in [3.8, 4) is 0 Å². The molecular weight excluding hydrogens is 204 g/mol. The molecule has 2 aliphatic rings. The van der Waals surface area contributed by atoms with Gasteiger partial charge >= 0.3 is 5.97 Å². The van der Waals surface area contributed by atoms with Crippen molar-refractivity contribution < 1.29 is 9.90 Å². The third-order valence-corrected chi connectivity index (χ3v) is 3.61. The number of hydrogen-bond donors (Lipinski definition) is 2. The minimum Gasteiger partial charge on any atom is -0.481 e. The first kappa shape index (κ1) is 11.9. The summed E-state index contributed by atoms with van der Waals surface area (Å²) < 4.78 is 0. The van der Waals surface area contributed by atoms with E-state index in [0.29, 0.717) is 18.6 Å². The Balaban J connectivity index is 1.81. The van der Waals surface area contributed by atoms with E-state index in [2.05, 4.69) is 10.2 Å². The van der Waals surface area contributed by atoms with Gasteiger partial charge in [0.2, 0.25) is 0 Å². The van der Waals surface area contributed by atoms with Crippen molar-refractivity contribution in [1.29, 1.82) is 0 Å². The van der Waals surface area contributed by atoms with Crippen molar-refractivity contribution in [2.45, 2.75) is 44.7 Å². The third-order valence-electron chi connectivity index (χ3n) is 3.61. The second-order valence-electron chi connectivity index (χ2n) is 5.22. The van der Waals surface area contributed by atoms with Crippen molar-refractivity contribution in [1.82, 2.24) is 10.2 Å². The summed E-state index contributed by atoms with van der Waals surface area (Å²) >= 11 is 0. The molecule has 0 aromatic rings. The van der Waals surface area contributed by atoms with E-state index >= 15 is 0 Å². The number of nitrogens with one attached hydrogen (secondary N) is 1. The van der Waals surface area contributed by atoms with E-state index in [0.717, 1.165) is 13.1 Å². The molecule has 92 valence electrons. The van der Waals surface area contributed by atoms with Crippen molar-refractivity contribution in [3.05, 3.63) is 0 Å². The van der Waals surface area contributed by atoms with Gasteiger partial charge in [0.05, 0.1) is 5.92 Å². The van der Waals surface area contributed by atoms with Crippen LogP contribution in [0.15, 0.2) is 0 Å². The number of nitrogens with zero attached hydrogens (tertiary/aromatic N) is 1. The van der Waals surface area contributed by atoms with Gasteiger partial charge in [0.1, 0.15) is 0 Å². The van der Waals surface area contributed by atoms with E-state index in [4.69, 9.17) is 5.11 Å². The highest BCUT2D eigenvalue weighted by molar-refractivity contribution is 5.69. The van der Waals surface area contributed by atoms with E-state index in [-0.39, 0.29) is 5.92 Å². The van der Waals surface area contributed by atoms with E-state index in [9.17, 15) is 4.79 Å². The fourth-order valence-electron chi connectivity index (χ4n) is 2.44. The molecule has 2 atom stereocenters. The maximum absolute atomic E-state index is 10.9. The SMILES string of the molecule is CC(CN(CC1CCCN1)C1CC1)C(=O)O. The average Bonchev–Trinajstić information content (AvgIpc) is 2.97. The van der Waals surface area contributed by atoms with Crippen LogP contribution < -0.4 is 5.32 Å². The van der Waals surface area contributed by atoms with Crippen molar-refractivity contribution >= 4 is 5.97 Å². The molecular formula is C12H22N2O2. The Morgan fingerprint density at radius 1 is 1.50 bits per heavy atom. The number of aliphatic carboxylic acids is 1. The van der Waals surface area contributed by atoms with Crippen molar-refractivity contribution in [2.75, 3.05) is 19.6 Å². The zero-order valence-corrected chi connectivity index (χ0v) is 9.98. The van der Waals surface area contributed by atoms with Crippen LogP contribution in [-0.2, 0) is 4.79 Å². The summed E-state index contributed by atoms with van der Waals surface area (Å²) in [5.74, 6) is -0.924. The van der Waals surface area contributed by atoms with Crippen LogP contribution in [0.25, 0.3) is 0 Å². The third kappa shape index (κ3) is 3.19. The number of carboxylic acid groups (broad SMARTS) is 1. The Bertz CT molecular complexity index is 247. The number of rotatable bonds is 6. The molecule has 0 bridgehead atoms. The second-order valence-corrected chi connectivity index (χ2v) is 5.22. The molecule has 2 rings (SSSR count). The molecule has 0 aromatic heterocycles. The van der Waals surface area contributed by atoms with Gasteiger partial charge in [0.25, 0.3) is 0 Å². The summed E-state index contributed by atoms with van der Waals surface area (Å²) in [5.41, 5.74) is 0. The van der Waals surface area contributed by atoms with E-state index in [1.807, 2.05) is 0 Å². The average molecular weight is 226 g/mol. The highest BCUT2D eigenvalue weighted by Gasteiger charge is 2.32. The largest absolute Gasteiger partial charge is 0.481 e. The zero-order chi connectivity index (χ0) is 11.5. The molecule has 4 heteroatoms. The first-order valence-electron chi connectivity index (χ1n) is 6.37. The van der Waals surface area contributed by atoms with Crippen molar-refractivity contribution in [2.24, 2.45) is 5.92 Å². The number of carboxylic acids is 1. The maximum Gasteiger partial charge on any atom is 0.307 e. The summed E-state index contributed by atoms with van der Waals surface area (Å²) in [6, 6.07) is 1.24. The Kier molecular flexibility index (Phi) is 3.82. The molecule has 2 unspecified atom stereocenters. The minimum atomic E-state index is -0.676. The lowest BCUT2D eigenvalue weighted by Gasteiger charge is -2.27. The van der Waals surface area contributed by atoms with Gasteiger partial charge in [-0.1, -0.05) is 6.92 Å². The fourth-order valence-corrected chi connectivity index (χ4v) is 2.44. The predicted octanol–water partition coefficient (Wildman–Crippen LogP) is 0.923. The normalized spacial score (nSPS) is 27.2. The second kappa shape index (κ2) is 5.15. The molecule has 0 spiro atoms. The predicted molar refractivity (Wildman–Crippen MR) is 62.4 cm³/mol. The molecule has 16 heavy (non-hydrogen) atoms. The standard InChI is InChI=1S/C12H22N2O2/c1-9(12(15)16)7-14(11-4-5-11)8-10-3-2-6-13-10/h9-11,13H,2-8H2,1H3,(H,15,16). The van der Waals surface area contributed by atoms with Gasteiger partial charge in [0.15, 0.2) is 0 Å². The summed E-state index contributed by atoms with van der Waals surface area (Å²) in [6.07, 6.45) is 5.00. The van der Waals surface area contributed by atoms with Crippen LogP contribution in [0.1, 0.15) is 32.6 Å². The van der Waals surface area contributed by atoms with Crippen LogP contribution in [0, 0.1) is 5.92 Å². The van der Waals surface area contributed by atoms with Crippen LogP contribution in [0.4, 0.5) is 0 Å². The Morgan fingerprint density at radius 3 is 2.75 bits per heavy atom. The Labute approximate surface area is 97.0 Å². The minimum absolute atomic E-state index is 0.248. The van der Waals surface area contributed by atoms with Gasteiger partial charge in [-0.15, -0.1) is 0 Å². The molecule has 2 fully saturated rings. The number of carbonyl (C=O) groups is 1. The number of hydrogen-bond acceptors (Lipinski definition) is 3. The zero-order valence-electron chi connectivity index (χ0n) is 9.98. The molecule has 0 amide bonds. The smallest absolute Gasteiger partial charge is 0.307 e. The molecule has 1 aliphatic carbocycles. The van der Waals surface area contributed by atoms with Crippen LogP contribution in [0.3, 0.4) is 0 Å². The molecule has 1 heterocycles. The molecule has 2 N–H and O–H groups in total. The van der Waals surface area contributed by atoms with Gasteiger partial charge in [-0.05, 0) is 32.2 Å². The highest BCUT2D eigenvalue weighted by atomic mass is 16.4. The van der Waals surface area contributed by atoms with Crippen molar-refractivity contribution in [3.63, 3.8) is 0 Å². The quantitative estimate of drug-likeness (QED) is 0.707. The first-order chi connectivity index (χ1) is 7.66. The first-order valence-corrected chi connectivity index (χ1v) is 6.37. The molecule has 1 saturated carbocycles. The Hall–Kier alpha value is -0.610. The topological polar surface area (TPSA) is 52.6 Å². The van der Waals surface area contributed by atoms with Gasteiger partial charge in [-0.3, -0.25) is 9.69 Å². The maximum atomic E-state index is 10.9. The molecule has 1 saturated heterocycles. The van der Waals surface area contributed by atoms with E-state index in [1.165, 1.54) is 25.7 Å². The van der Waals surface area contributed by atoms with Crippen LogP contribution >= 0.6 is 0 Å². The van der Waals surface area contributed by atoms with Crippen LogP contribution in [-0.4, -0.2) is 47.7 Å². The molecule has 1 aliphatic heterocycles. The van der Waals surface area contributed by atoms with E-state index in [1.54, 1.807) is 6.92 Å². The van der Waals surface area contributed by atoms with Gasteiger partial charge in [-0.2, -0.15) is 0 Å². The summed E-state index contributed by atoms with van der Waals surface area (Å²) in [6.45, 7) is 4.66. The molecule has 0 radical (unpaired) electrons. The lowest BCUT2D eigenvalue weighted by molar-refractivity contribution is -0.141. The highest BCUT2D eigenvalue weighted by Crippen LogP contribution is 2.28. The molecule has 4 nitrogen and oxygen atoms in total. The monoisotopic (exact) mass is 226 g/mol. The van der Waals surface area contributed by atoms with Gasteiger partial charge in [0, 0.05) is 25.2 Å². The summed E-state index contributed by atoms with van der Waals surface area (Å²) in [4.78, 5) is 13.2. The van der Waals surface area contributed by atoms with Gasteiger partial charge in [-0.25, -0.2) is 0 Å². The van der Waals surface area contributed by atoms with Crippen LogP contribution in [0.5, 0.6) is 0 Å². The van der Waals surface area contributed by atoms with E-state index < -0.39 is 5.97 Å².